The van der Waals surface area contributed by atoms with Gasteiger partial charge in [-0.3, -0.25) is 14.2 Å². The smallest absolute Gasteiger partial charge is 0.263 e. The van der Waals surface area contributed by atoms with Crippen molar-refractivity contribution in [1.82, 2.24) is 14.5 Å². The molecule has 1 aliphatic carbocycles. The van der Waals surface area contributed by atoms with E-state index in [1.54, 1.807) is 35.0 Å². The fourth-order valence-electron chi connectivity index (χ4n) is 3.84. The number of thiophene rings is 1. The second-order valence-corrected chi connectivity index (χ2v) is 9.81. The third-order valence-corrected chi connectivity index (χ3v) is 7.65. The van der Waals surface area contributed by atoms with Crippen molar-refractivity contribution in [2.24, 2.45) is 0 Å². The molecule has 9 heteroatoms. The highest BCUT2D eigenvalue weighted by Crippen LogP contribution is 2.34. The van der Waals surface area contributed by atoms with E-state index in [9.17, 15) is 9.59 Å². The molecular formula is C22H27N3O4S2. The van der Waals surface area contributed by atoms with E-state index in [1.165, 1.54) is 22.2 Å². The standard InChI is InChI=1S/C22H27N3O4S2/c1-14-8-9-15(29-14)12-24(2)18(26)13-30-22-23-20-19(21(27)25(22)10-11-28-3)16-6-4-5-7-17(16)31-20/h8-9H,4-7,10-13H2,1-3H3. The Hall–Kier alpha value is -2.10. The van der Waals surface area contributed by atoms with E-state index in [0.29, 0.717) is 24.9 Å². The van der Waals surface area contributed by atoms with Crippen molar-refractivity contribution < 1.29 is 13.9 Å². The van der Waals surface area contributed by atoms with Gasteiger partial charge in [0.25, 0.3) is 5.56 Å². The van der Waals surface area contributed by atoms with Gasteiger partial charge in [-0.2, -0.15) is 0 Å². The van der Waals surface area contributed by atoms with Crippen molar-refractivity contribution in [3.05, 3.63) is 44.4 Å². The van der Waals surface area contributed by atoms with Crippen LogP contribution in [0.25, 0.3) is 10.2 Å². The lowest BCUT2D eigenvalue weighted by Crippen LogP contribution is -2.29. The minimum absolute atomic E-state index is 0.0178. The molecule has 0 saturated heterocycles. The summed E-state index contributed by atoms with van der Waals surface area (Å²) < 4.78 is 12.4. The Bertz CT molecular complexity index is 1150. The molecule has 0 bridgehead atoms. The van der Waals surface area contributed by atoms with Gasteiger partial charge in [0.2, 0.25) is 5.91 Å². The Labute approximate surface area is 189 Å². The summed E-state index contributed by atoms with van der Waals surface area (Å²) in [6, 6.07) is 3.76. The van der Waals surface area contributed by atoms with Crippen molar-refractivity contribution in [2.75, 3.05) is 26.5 Å². The molecule has 0 saturated carbocycles. The zero-order valence-corrected chi connectivity index (χ0v) is 19.7. The Morgan fingerprint density at radius 1 is 1.35 bits per heavy atom. The highest BCUT2D eigenvalue weighted by atomic mass is 32.2. The molecule has 166 valence electrons. The van der Waals surface area contributed by atoms with Crippen LogP contribution in [0, 0.1) is 6.92 Å². The molecule has 3 aromatic heterocycles. The van der Waals surface area contributed by atoms with Crippen LogP contribution >= 0.6 is 23.1 Å². The molecule has 0 aromatic carbocycles. The topological polar surface area (TPSA) is 77.6 Å². The van der Waals surface area contributed by atoms with Gasteiger partial charge in [-0.15, -0.1) is 11.3 Å². The van der Waals surface area contributed by atoms with Gasteiger partial charge in [0, 0.05) is 19.0 Å². The molecule has 3 heterocycles. The minimum atomic E-state index is -0.0443. The molecule has 31 heavy (non-hydrogen) atoms. The van der Waals surface area contributed by atoms with Crippen molar-refractivity contribution in [3.63, 3.8) is 0 Å². The number of thioether (sulfide) groups is 1. The number of methoxy groups -OCH3 is 1. The average Bonchev–Trinajstić information content (AvgIpc) is 3.34. The first-order valence-corrected chi connectivity index (χ1v) is 12.2. The Morgan fingerprint density at radius 3 is 2.90 bits per heavy atom. The number of carbonyl (C=O) groups excluding carboxylic acids is 1. The predicted molar refractivity (Wildman–Crippen MR) is 123 cm³/mol. The first-order valence-electron chi connectivity index (χ1n) is 10.4. The zero-order valence-electron chi connectivity index (χ0n) is 18.1. The van der Waals surface area contributed by atoms with Gasteiger partial charge < -0.3 is 14.1 Å². The van der Waals surface area contributed by atoms with Crippen LogP contribution in [0.15, 0.2) is 26.5 Å². The fourth-order valence-corrected chi connectivity index (χ4v) is 6.11. The van der Waals surface area contributed by atoms with Crippen LogP contribution in [-0.4, -0.2) is 46.9 Å². The van der Waals surface area contributed by atoms with Gasteiger partial charge in [-0.25, -0.2) is 4.98 Å². The van der Waals surface area contributed by atoms with Crippen LogP contribution in [0.1, 0.15) is 34.8 Å². The largest absolute Gasteiger partial charge is 0.464 e. The van der Waals surface area contributed by atoms with Crippen molar-refractivity contribution in [2.45, 2.75) is 50.9 Å². The van der Waals surface area contributed by atoms with E-state index < -0.39 is 0 Å². The molecule has 3 aromatic rings. The van der Waals surface area contributed by atoms with Gasteiger partial charge in [-0.1, -0.05) is 11.8 Å². The van der Waals surface area contributed by atoms with Crippen LogP contribution in [0.4, 0.5) is 0 Å². The van der Waals surface area contributed by atoms with Crippen LogP contribution in [0.5, 0.6) is 0 Å². The van der Waals surface area contributed by atoms with Gasteiger partial charge in [0.15, 0.2) is 5.16 Å². The van der Waals surface area contributed by atoms with Crippen molar-refractivity contribution in [1.29, 1.82) is 0 Å². The van der Waals surface area contributed by atoms with E-state index in [4.69, 9.17) is 14.1 Å². The molecule has 0 unspecified atom stereocenters. The first kappa shape index (κ1) is 22.1. The molecule has 0 atom stereocenters. The quantitative estimate of drug-likeness (QED) is 0.377. The summed E-state index contributed by atoms with van der Waals surface area (Å²) in [5.74, 6) is 1.73. The lowest BCUT2D eigenvalue weighted by Gasteiger charge is -2.16. The van der Waals surface area contributed by atoms with Gasteiger partial charge >= 0.3 is 0 Å². The van der Waals surface area contributed by atoms with Crippen LogP contribution in [-0.2, 0) is 35.5 Å². The van der Waals surface area contributed by atoms with Gasteiger partial charge in [0.1, 0.15) is 16.4 Å². The molecule has 0 N–H and O–H groups in total. The fraction of sp³-hybridized carbons (Fsp3) is 0.500. The molecule has 1 aliphatic rings. The second-order valence-electron chi connectivity index (χ2n) is 7.79. The molecule has 7 nitrogen and oxygen atoms in total. The Morgan fingerprint density at radius 2 is 2.16 bits per heavy atom. The van der Waals surface area contributed by atoms with Gasteiger partial charge in [0.05, 0.1) is 30.8 Å². The van der Waals surface area contributed by atoms with E-state index in [1.807, 2.05) is 19.1 Å². The lowest BCUT2D eigenvalue weighted by atomic mass is 9.97. The maximum absolute atomic E-state index is 13.4. The highest BCUT2D eigenvalue weighted by molar-refractivity contribution is 7.99. The van der Waals surface area contributed by atoms with E-state index in [0.717, 1.165) is 47.4 Å². The summed E-state index contributed by atoms with van der Waals surface area (Å²) in [6.07, 6.45) is 4.24. The lowest BCUT2D eigenvalue weighted by molar-refractivity contribution is -0.127. The van der Waals surface area contributed by atoms with E-state index in [-0.39, 0.29) is 17.2 Å². The Balaban J connectivity index is 1.57. The number of aryl methyl sites for hydroxylation is 3. The maximum atomic E-state index is 13.4. The molecular weight excluding hydrogens is 434 g/mol. The number of rotatable bonds is 8. The summed E-state index contributed by atoms with van der Waals surface area (Å²) in [5.41, 5.74) is 1.16. The number of aromatic nitrogens is 2. The molecule has 1 amide bonds. The number of hydrogen-bond acceptors (Lipinski definition) is 7. The molecule has 0 radical (unpaired) electrons. The normalized spacial score (nSPS) is 13.5. The maximum Gasteiger partial charge on any atom is 0.263 e. The third-order valence-electron chi connectivity index (χ3n) is 5.50. The van der Waals surface area contributed by atoms with Crippen LogP contribution < -0.4 is 5.56 Å². The summed E-state index contributed by atoms with van der Waals surface area (Å²) in [7, 11) is 3.37. The Kier molecular flexibility index (Phi) is 6.83. The SMILES string of the molecule is COCCn1c(SCC(=O)N(C)Cc2ccc(C)o2)nc2sc3c(c2c1=O)CCCC3. The number of carbonyl (C=O) groups is 1. The molecule has 0 spiro atoms. The second kappa shape index (κ2) is 9.58. The molecule has 0 fully saturated rings. The van der Waals surface area contributed by atoms with Crippen molar-refractivity contribution >= 4 is 39.2 Å². The van der Waals surface area contributed by atoms with E-state index >= 15 is 0 Å². The molecule has 4 rings (SSSR count). The zero-order chi connectivity index (χ0) is 22.0. The summed E-state index contributed by atoms with van der Waals surface area (Å²) in [4.78, 5) is 34.6. The monoisotopic (exact) mass is 461 g/mol. The number of fused-ring (bicyclic) bond motifs is 3. The first-order chi connectivity index (χ1) is 15.0. The number of furan rings is 1. The summed E-state index contributed by atoms with van der Waals surface area (Å²) in [5, 5.41) is 1.33. The third kappa shape index (κ3) is 4.73. The number of amides is 1. The highest BCUT2D eigenvalue weighted by Gasteiger charge is 2.23. The van der Waals surface area contributed by atoms with Crippen molar-refractivity contribution in [3.8, 4) is 0 Å². The van der Waals surface area contributed by atoms with Gasteiger partial charge in [-0.05, 0) is 50.3 Å². The summed E-state index contributed by atoms with van der Waals surface area (Å²) in [6.45, 7) is 3.12. The number of ether oxygens (including phenoxy) is 1. The van der Waals surface area contributed by atoms with Crippen LogP contribution in [0.2, 0.25) is 0 Å². The number of nitrogens with zero attached hydrogens (tertiary/aromatic N) is 3. The van der Waals surface area contributed by atoms with E-state index in [2.05, 4.69) is 0 Å². The minimum Gasteiger partial charge on any atom is -0.464 e. The number of hydrogen-bond donors (Lipinski definition) is 0. The average molecular weight is 462 g/mol. The summed E-state index contributed by atoms with van der Waals surface area (Å²) >= 11 is 2.93. The molecule has 0 aliphatic heterocycles. The predicted octanol–water partition coefficient (Wildman–Crippen LogP) is 3.64. The van der Waals surface area contributed by atoms with Crippen LogP contribution in [0.3, 0.4) is 0 Å².